The zero-order valence-electron chi connectivity index (χ0n) is 14.8. The number of pyridine rings is 1. The van der Waals surface area contributed by atoms with E-state index in [2.05, 4.69) is 15.1 Å². The molecule has 0 aliphatic heterocycles. The van der Waals surface area contributed by atoms with Crippen LogP contribution in [0.2, 0.25) is 0 Å². The first-order valence-corrected chi connectivity index (χ1v) is 8.69. The molecule has 0 fully saturated rings. The van der Waals surface area contributed by atoms with E-state index in [4.69, 9.17) is 0 Å². The lowest BCUT2D eigenvalue weighted by molar-refractivity contribution is -0.384. The number of hydrogen-bond donors (Lipinski definition) is 0. The first-order chi connectivity index (χ1) is 14.1. The van der Waals surface area contributed by atoms with Crippen LogP contribution in [0.4, 0.5) is 5.69 Å². The summed E-state index contributed by atoms with van der Waals surface area (Å²) < 4.78 is 2.76. The van der Waals surface area contributed by atoms with Gasteiger partial charge >= 0.3 is 0 Å². The highest BCUT2D eigenvalue weighted by Crippen LogP contribution is 2.27. The van der Waals surface area contributed by atoms with Crippen LogP contribution in [0, 0.1) is 10.1 Å². The fraction of sp³-hybridized carbons (Fsp3) is 0. The second-order valence-corrected chi connectivity index (χ2v) is 6.30. The minimum absolute atomic E-state index is 0.162. The van der Waals surface area contributed by atoms with E-state index in [0.29, 0.717) is 22.4 Å². The maximum Gasteiger partial charge on any atom is 0.293 e. The molecule has 0 N–H and O–H groups in total. The van der Waals surface area contributed by atoms with E-state index in [0.717, 1.165) is 5.56 Å². The molecule has 0 amide bonds. The highest BCUT2D eigenvalue weighted by Gasteiger charge is 2.20. The number of hydrogen-bond acceptors (Lipinski definition) is 6. The van der Waals surface area contributed by atoms with Crippen molar-refractivity contribution in [2.45, 2.75) is 0 Å². The van der Waals surface area contributed by atoms with Crippen molar-refractivity contribution in [3.8, 4) is 16.9 Å². The van der Waals surface area contributed by atoms with Crippen LogP contribution >= 0.6 is 0 Å². The van der Waals surface area contributed by atoms with E-state index >= 15 is 0 Å². The Morgan fingerprint density at radius 3 is 2.52 bits per heavy atom. The summed E-state index contributed by atoms with van der Waals surface area (Å²) in [4.78, 5) is 33.0. The fourth-order valence-corrected chi connectivity index (χ4v) is 3.40. The number of fused-ring (bicyclic) bond motifs is 2. The average Bonchev–Trinajstić information content (AvgIpc) is 3.21. The third kappa shape index (κ3) is 2.56. The van der Waals surface area contributed by atoms with Gasteiger partial charge in [0.25, 0.3) is 17.0 Å². The van der Waals surface area contributed by atoms with Crippen LogP contribution in [0.5, 0.6) is 0 Å². The highest BCUT2D eigenvalue weighted by atomic mass is 16.6. The molecule has 0 unspecified atom stereocenters. The molecule has 0 spiro atoms. The summed E-state index contributed by atoms with van der Waals surface area (Å²) >= 11 is 0. The van der Waals surface area contributed by atoms with Gasteiger partial charge in [-0.3, -0.25) is 19.5 Å². The van der Waals surface area contributed by atoms with E-state index < -0.39 is 10.5 Å². The summed E-state index contributed by atoms with van der Waals surface area (Å²) in [6.07, 6.45) is 2.86. The smallest absolute Gasteiger partial charge is 0.277 e. The maximum absolute atomic E-state index is 13.5. The lowest BCUT2D eigenvalue weighted by atomic mass is 10.1. The molecule has 9 heteroatoms. The van der Waals surface area contributed by atoms with E-state index in [1.54, 1.807) is 18.2 Å². The number of para-hydroxylation sites is 2. The van der Waals surface area contributed by atoms with Crippen molar-refractivity contribution in [2.75, 3.05) is 0 Å². The second-order valence-electron chi connectivity index (χ2n) is 6.30. The maximum atomic E-state index is 13.5. The summed E-state index contributed by atoms with van der Waals surface area (Å²) in [6.45, 7) is 0. The normalized spacial score (nSPS) is 11.2. The van der Waals surface area contributed by atoms with Gasteiger partial charge in [0.1, 0.15) is 12.0 Å². The Kier molecular flexibility index (Phi) is 3.66. The minimum Gasteiger partial charge on any atom is -0.277 e. The van der Waals surface area contributed by atoms with Crippen molar-refractivity contribution in [2.24, 2.45) is 0 Å². The minimum atomic E-state index is -0.511. The summed E-state index contributed by atoms with van der Waals surface area (Å²) in [5.41, 5.74) is 1.31. The summed E-state index contributed by atoms with van der Waals surface area (Å²) in [5, 5.41) is 16.0. The predicted molar refractivity (Wildman–Crippen MR) is 106 cm³/mol. The number of nitro benzene ring substituents is 1. The van der Waals surface area contributed by atoms with Gasteiger partial charge in [-0.25, -0.2) is 4.98 Å². The van der Waals surface area contributed by atoms with Crippen molar-refractivity contribution < 1.29 is 4.92 Å². The molecule has 0 saturated heterocycles. The van der Waals surface area contributed by atoms with Crippen molar-refractivity contribution >= 4 is 22.4 Å². The third-order valence-electron chi connectivity index (χ3n) is 4.65. The van der Waals surface area contributed by atoms with E-state index in [-0.39, 0.29) is 11.4 Å². The molecule has 0 bridgehead atoms. The largest absolute Gasteiger partial charge is 0.293 e. The van der Waals surface area contributed by atoms with Gasteiger partial charge in [-0.15, -0.1) is 0 Å². The molecule has 3 heterocycles. The van der Waals surface area contributed by atoms with Gasteiger partial charge in [-0.1, -0.05) is 42.5 Å². The van der Waals surface area contributed by atoms with Crippen LogP contribution in [0.25, 0.3) is 33.6 Å². The Labute approximate surface area is 162 Å². The Hall–Kier alpha value is -4.40. The number of nitrogens with zero attached hydrogens (tertiary/aromatic N) is 6. The summed E-state index contributed by atoms with van der Waals surface area (Å²) in [5.74, 6) is 0.360. The molecular formula is C20H12N6O3. The van der Waals surface area contributed by atoms with Crippen molar-refractivity contribution in [3.63, 3.8) is 0 Å². The second kappa shape index (κ2) is 6.34. The Balaban J connectivity index is 1.93. The van der Waals surface area contributed by atoms with Crippen molar-refractivity contribution in [1.82, 2.24) is 24.1 Å². The quantitative estimate of drug-likeness (QED) is 0.349. The Bertz CT molecular complexity index is 1460. The third-order valence-corrected chi connectivity index (χ3v) is 4.65. The van der Waals surface area contributed by atoms with Crippen LogP contribution in [0.15, 0.2) is 78.0 Å². The number of rotatable bonds is 3. The van der Waals surface area contributed by atoms with E-state index in [9.17, 15) is 14.9 Å². The molecule has 5 rings (SSSR count). The van der Waals surface area contributed by atoms with Gasteiger partial charge in [-0.05, 0) is 12.1 Å². The summed E-state index contributed by atoms with van der Waals surface area (Å²) in [7, 11) is 0. The number of benzene rings is 2. The molecule has 9 nitrogen and oxygen atoms in total. The molecule has 29 heavy (non-hydrogen) atoms. The molecule has 140 valence electrons. The van der Waals surface area contributed by atoms with Gasteiger partial charge in [0, 0.05) is 17.8 Å². The first-order valence-electron chi connectivity index (χ1n) is 8.69. The lowest BCUT2D eigenvalue weighted by Crippen LogP contribution is -2.20. The molecule has 3 aromatic heterocycles. The SMILES string of the molecule is O=c1c2c(-c3ccccc3)n3ncnc3nc2ccn1-c1ccccc1[N+](=O)[O-]. The Morgan fingerprint density at radius 2 is 1.72 bits per heavy atom. The Morgan fingerprint density at radius 1 is 0.966 bits per heavy atom. The number of nitro groups is 1. The molecule has 0 aliphatic rings. The van der Waals surface area contributed by atoms with Gasteiger partial charge in [-0.2, -0.15) is 14.6 Å². The van der Waals surface area contributed by atoms with Crippen LogP contribution in [-0.2, 0) is 0 Å². The van der Waals surface area contributed by atoms with Gasteiger partial charge in [0.05, 0.1) is 21.5 Å². The zero-order valence-corrected chi connectivity index (χ0v) is 14.8. The fourth-order valence-electron chi connectivity index (χ4n) is 3.40. The molecule has 5 aromatic rings. The van der Waals surface area contributed by atoms with Gasteiger partial charge < -0.3 is 0 Å². The number of aromatic nitrogens is 5. The molecule has 0 saturated carbocycles. The molecule has 2 aromatic carbocycles. The van der Waals surface area contributed by atoms with Crippen LogP contribution in [-0.4, -0.2) is 29.1 Å². The topological polar surface area (TPSA) is 108 Å². The average molecular weight is 384 g/mol. The van der Waals surface area contributed by atoms with E-state index in [1.165, 1.54) is 33.7 Å². The van der Waals surface area contributed by atoms with Gasteiger partial charge in [0.2, 0.25) is 0 Å². The monoisotopic (exact) mass is 384 g/mol. The molecular weight excluding hydrogens is 372 g/mol. The summed E-state index contributed by atoms with van der Waals surface area (Å²) in [6, 6.07) is 17.1. The highest BCUT2D eigenvalue weighted by molar-refractivity contribution is 5.93. The molecule has 0 aliphatic carbocycles. The molecule has 0 atom stereocenters. The molecule has 0 radical (unpaired) electrons. The standard InChI is InChI=1S/C20H12N6O3/c27-19-17-14(10-11-24(19)15-8-4-5-9-16(15)26(28)29)23-20-21-12-22-25(20)18(17)13-6-2-1-3-7-13/h1-12H. The van der Waals surface area contributed by atoms with Crippen molar-refractivity contribution in [3.05, 3.63) is 93.7 Å². The van der Waals surface area contributed by atoms with Crippen LogP contribution < -0.4 is 5.56 Å². The van der Waals surface area contributed by atoms with E-state index in [1.807, 2.05) is 30.3 Å². The predicted octanol–water partition coefficient (Wildman–Crippen LogP) is 3.00. The van der Waals surface area contributed by atoms with Crippen LogP contribution in [0.1, 0.15) is 0 Å². The first kappa shape index (κ1) is 16.8. The van der Waals surface area contributed by atoms with Crippen molar-refractivity contribution in [1.29, 1.82) is 0 Å². The van der Waals surface area contributed by atoms with Gasteiger partial charge in [0.15, 0.2) is 0 Å². The van der Waals surface area contributed by atoms with Crippen LogP contribution in [0.3, 0.4) is 0 Å². The zero-order chi connectivity index (χ0) is 20.0. The lowest BCUT2D eigenvalue weighted by Gasteiger charge is -2.11.